The van der Waals surface area contributed by atoms with Crippen molar-refractivity contribution in [3.63, 3.8) is 0 Å². The Labute approximate surface area is 74.9 Å². The van der Waals surface area contributed by atoms with Crippen LogP contribution in [0.4, 0.5) is 0 Å². The zero-order chi connectivity index (χ0) is 9.14. The van der Waals surface area contributed by atoms with Gasteiger partial charge >= 0.3 is 0 Å². The first-order chi connectivity index (χ1) is 5.65. The second-order valence-electron chi connectivity index (χ2n) is 3.90. The van der Waals surface area contributed by atoms with E-state index in [0.29, 0.717) is 0 Å². The maximum atomic E-state index is 11.1. The Balaban J connectivity index is 2.49. The Kier molecular flexibility index (Phi) is 3.12. The molecule has 12 heavy (non-hydrogen) atoms. The highest BCUT2D eigenvalue weighted by Crippen LogP contribution is 2.25. The summed E-state index contributed by atoms with van der Waals surface area (Å²) >= 11 is 0. The number of amides is 1. The molecule has 0 radical (unpaired) electrons. The van der Waals surface area contributed by atoms with Crippen molar-refractivity contribution in [2.75, 3.05) is 13.1 Å². The number of nitrogens with zero attached hydrogens (tertiary/aromatic N) is 1. The number of carbonyl (C=O) groups is 1. The monoisotopic (exact) mass is 169 g/mol. The van der Waals surface area contributed by atoms with E-state index in [9.17, 15) is 4.79 Å². The van der Waals surface area contributed by atoms with Gasteiger partial charge in [-0.2, -0.15) is 0 Å². The van der Waals surface area contributed by atoms with Crippen LogP contribution in [0.3, 0.4) is 0 Å². The molecule has 0 aromatic rings. The van der Waals surface area contributed by atoms with Crippen molar-refractivity contribution in [3.8, 4) is 0 Å². The van der Waals surface area contributed by atoms with Crippen LogP contribution >= 0.6 is 0 Å². The van der Waals surface area contributed by atoms with Crippen molar-refractivity contribution in [1.82, 2.24) is 4.90 Å². The van der Waals surface area contributed by atoms with Gasteiger partial charge in [-0.15, -0.1) is 0 Å². The van der Waals surface area contributed by atoms with Gasteiger partial charge in [-0.1, -0.05) is 20.3 Å². The predicted molar refractivity (Wildman–Crippen MR) is 49.8 cm³/mol. The fourth-order valence-electron chi connectivity index (χ4n) is 1.97. The van der Waals surface area contributed by atoms with E-state index in [1.54, 1.807) is 6.92 Å². The first kappa shape index (κ1) is 9.56. The van der Waals surface area contributed by atoms with Crippen molar-refractivity contribution in [1.29, 1.82) is 0 Å². The third-order valence-electron chi connectivity index (χ3n) is 3.08. The van der Waals surface area contributed by atoms with Gasteiger partial charge in [-0.25, -0.2) is 0 Å². The molecule has 1 unspecified atom stereocenters. The summed E-state index contributed by atoms with van der Waals surface area (Å²) in [7, 11) is 0. The molecule has 0 saturated carbocycles. The molecule has 0 aromatic carbocycles. The van der Waals surface area contributed by atoms with Crippen molar-refractivity contribution < 1.29 is 4.79 Å². The Hall–Kier alpha value is -0.530. The zero-order valence-electron chi connectivity index (χ0n) is 8.34. The van der Waals surface area contributed by atoms with Crippen LogP contribution in [0.1, 0.15) is 33.6 Å². The summed E-state index contributed by atoms with van der Waals surface area (Å²) in [6, 6.07) is 0. The SMILES string of the molecule is CC[C@@H]1CN(C(C)=O)CCC1C. The topological polar surface area (TPSA) is 20.3 Å². The molecule has 1 fully saturated rings. The van der Waals surface area contributed by atoms with E-state index in [1.807, 2.05) is 4.90 Å². The van der Waals surface area contributed by atoms with Crippen LogP contribution in [-0.2, 0) is 4.79 Å². The second kappa shape index (κ2) is 3.92. The van der Waals surface area contributed by atoms with Crippen LogP contribution in [0.15, 0.2) is 0 Å². The fraction of sp³-hybridized carbons (Fsp3) is 0.900. The van der Waals surface area contributed by atoms with Gasteiger partial charge in [-0.05, 0) is 18.3 Å². The molecule has 1 aliphatic rings. The lowest BCUT2D eigenvalue weighted by Crippen LogP contribution is -2.41. The Morgan fingerprint density at radius 3 is 2.75 bits per heavy atom. The first-order valence-electron chi connectivity index (χ1n) is 4.90. The van der Waals surface area contributed by atoms with Crippen LogP contribution in [0.25, 0.3) is 0 Å². The molecular formula is C10H19NO. The van der Waals surface area contributed by atoms with Crippen molar-refractivity contribution in [3.05, 3.63) is 0 Å². The summed E-state index contributed by atoms with van der Waals surface area (Å²) in [5.41, 5.74) is 0. The minimum Gasteiger partial charge on any atom is -0.343 e. The summed E-state index contributed by atoms with van der Waals surface area (Å²) < 4.78 is 0. The lowest BCUT2D eigenvalue weighted by molar-refractivity contribution is -0.131. The summed E-state index contributed by atoms with van der Waals surface area (Å²) in [5, 5.41) is 0. The number of hydrogen-bond acceptors (Lipinski definition) is 1. The van der Waals surface area contributed by atoms with Gasteiger partial charge in [0.2, 0.25) is 5.91 Å². The minimum absolute atomic E-state index is 0.236. The maximum Gasteiger partial charge on any atom is 0.219 e. The molecular weight excluding hydrogens is 150 g/mol. The number of rotatable bonds is 1. The lowest BCUT2D eigenvalue weighted by Gasteiger charge is -2.36. The number of likely N-dealkylation sites (tertiary alicyclic amines) is 1. The molecule has 2 nitrogen and oxygen atoms in total. The quantitative estimate of drug-likeness (QED) is 0.587. The minimum atomic E-state index is 0.236. The molecule has 2 atom stereocenters. The molecule has 0 aromatic heterocycles. The van der Waals surface area contributed by atoms with E-state index >= 15 is 0 Å². The van der Waals surface area contributed by atoms with Gasteiger partial charge in [0.05, 0.1) is 0 Å². The molecule has 0 spiro atoms. The van der Waals surface area contributed by atoms with E-state index in [1.165, 1.54) is 12.8 Å². The smallest absolute Gasteiger partial charge is 0.219 e. The van der Waals surface area contributed by atoms with E-state index < -0.39 is 0 Å². The van der Waals surface area contributed by atoms with Crippen molar-refractivity contribution in [2.24, 2.45) is 11.8 Å². The third kappa shape index (κ3) is 1.99. The molecule has 1 rings (SSSR count). The van der Waals surface area contributed by atoms with Gasteiger partial charge in [-0.3, -0.25) is 4.79 Å². The Morgan fingerprint density at radius 1 is 1.58 bits per heavy atom. The van der Waals surface area contributed by atoms with Crippen LogP contribution in [0, 0.1) is 11.8 Å². The third-order valence-corrected chi connectivity index (χ3v) is 3.08. The molecule has 1 amide bonds. The molecule has 1 heterocycles. The zero-order valence-corrected chi connectivity index (χ0v) is 8.34. The highest BCUT2D eigenvalue weighted by atomic mass is 16.2. The van der Waals surface area contributed by atoms with Gasteiger partial charge < -0.3 is 4.90 Å². The summed E-state index contributed by atoms with van der Waals surface area (Å²) in [4.78, 5) is 13.1. The average Bonchev–Trinajstić information content (AvgIpc) is 2.05. The van der Waals surface area contributed by atoms with E-state index in [2.05, 4.69) is 13.8 Å². The van der Waals surface area contributed by atoms with Crippen LogP contribution in [0.5, 0.6) is 0 Å². The fourth-order valence-corrected chi connectivity index (χ4v) is 1.97. The van der Waals surface area contributed by atoms with Crippen LogP contribution in [-0.4, -0.2) is 23.9 Å². The predicted octanol–water partition coefficient (Wildman–Crippen LogP) is 1.90. The van der Waals surface area contributed by atoms with Gasteiger partial charge in [0.1, 0.15) is 0 Å². The molecule has 1 aliphatic heterocycles. The standard InChI is InChI=1S/C10H19NO/c1-4-10-7-11(9(3)12)6-5-8(10)2/h8,10H,4-7H2,1-3H3/t8?,10-/m1/s1. The van der Waals surface area contributed by atoms with E-state index in [0.717, 1.165) is 24.9 Å². The van der Waals surface area contributed by atoms with Gasteiger partial charge in [0.15, 0.2) is 0 Å². The molecule has 0 bridgehead atoms. The van der Waals surface area contributed by atoms with E-state index in [-0.39, 0.29) is 5.91 Å². The molecule has 70 valence electrons. The highest BCUT2D eigenvalue weighted by molar-refractivity contribution is 5.73. The lowest BCUT2D eigenvalue weighted by atomic mass is 9.85. The average molecular weight is 169 g/mol. The van der Waals surface area contributed by atoms with Crippen LogP contribution in [0.2, 0.25) is 0 Å². The molecule has 0 N–H and O–H groups in total. The van der Waals surface area contributed by atoms with Gasteiger partial charge in [0.25, 0.3) is 0 Å². The number of piperidine rings is 1. The number of carbonyl (C=O) groups excluding carboxylic acids is 1. The Bertz CT molecular complexity index is 167. The normalized spacial score (nSPS) is 30.4. The molecule has 1 saturated heterocycles. The largest absolute Gasteiger partial charge is 0.343 e. The second-order valence-corrected chi connectivity index (χ2v) is 3.90. The molecule has 2 heteroatoms. The van der Waals surface area contributed by atoms with Gasteiger partial charge in [0, 0.05) is 20.0 Å². The maximum absolute atomic E-state index is 11.1. The summed E-state index contributed by atoms with van der Waals surface area (Å²) in [6.07, 6.45) is 2.38. The first-order valence-corrected chi connectivity index (χ1v) is 4.90. The Morgan fingerprint density at radius 2 is 2.25 bits per heavy atom. The van der Waals surface area contributed by atoms with E-state index in [4.69, 9.17) is 0 Å². The number of hydrogen-bond donors (Lipinski definition) is 0. The summed E-state index contributed by atoms with van der Waals surface area (Å²) in [5.74, 6) is 1.76. The molecule has 0 aliphatic carbocycles. The van der Waals surface area contributed by atoms with Crippen molar-refractivity contribution in [2.45, 2.75) is 33.6 Å². The highest BCUT2D eigenvalue weighted by Gasteiger charge is 2.25. The summed E-state index contributed by atoms with van der Waals surface area (Å²) in [6.45, 7) is 8.12. The van der Waals surface area contributed by atoms with Crippen molar-refractivity contribution >= 4 is 5.91 Å². The van der Waals surface area contributed by atoms with Crippen LogP contribution < -0.4 is 0 Å².